The number of carbonyl (C=O) groups is 1. The number of amides is 1. The number of rotatable bonds is 7. The number of aromatic nitrogens is 1. The van der Waals surface area contributed by atoms with Gasteiger partial charge in [0.05, 0.1) is 5.70 Å². The van der Waals surface area contributed by atoms with E-state index >= 15 is 0 Å². The number of hydrogen-bond donors (Lipinski definition) is 2. The molecule has 1 aliphatic rings. The highest BCUT2D eigenvalue weighted by molar-refractivity contribution is 6.73. The molecule has 1 aromatic heterocycles. The average Bonchev–Trinajstić information content (AvgIpc) is 3.06. The van der Waals surface area contributed by atoms with E-state index in [9.17, 15) is 4.79 Å². The first kappa shape index (κ1) is 23.4. The molecule has 3 N–H and O–H groups in total. The summed E-state index contributed by atoms with van der Waals surface area (Å²) >= 11 is 6.32. The first-order valence-electron chi connectivity index (χ1n) is 10.3. The molecule has 1 unspecified atom stereocenters. The van der Waals surface area contributed by atoms with E-state index in [0.717, 1.165) is 38.9 Å². The molecule has 0 spiro atoms. The first-order valence-corrected chi connectivity index (χ1v) is 10.7. The van der Waals surface area contributed by atoms with Crippen molar-refractivity contribution >= 4 is 28.4 Å². The van der Waals surface area contributed by atoms with Crippen LogP contribution >= 0.6 is 11.6 Å². The molecule has 0 aromatic carbocycles. The van der Waals surface area contributed by atoms with Gasteiger partial charge in [0, 0.05) is 25.2 Å². The highest BCUT2D eigenvalue weighted by atomic mass is 35.5. The van der Waals surface area contributed by atoms with Gasteiger partial charge >= 0.3 is 0 Å². The summed E-state index contributed by atoms with van der Waals surface area (Å²) in [5.41, 5.74) is 7.22. The Labute approximate surface area is 178 Å². The van der Waals surface area contributed by atoms with E-state index in [1.54, 1.807) is 13.0 Å². The van der Waals surface area contributed by atoms with E-state index in [4.69, 9.17) is 21.9 Å². The Morgan fingerprint density at radius 3 is 2.79 bits per heavy atom. The number of likely N-dealkylation sites (tertiary alicyclic amines) is 1. The lowest BCUT2D eigenvalue weighted by molar-refractivity contribution is -0.118. The van der Waals surface area contributed by atoms with Crippen LogP contribution < -0.4 is 11.1 Å². The molecule has 1 aromatic rings. The molecule has 2 rings (SSSR count). The molecule has 0 aliphatic carbocycles. The maximum atomic E-state index is 13.1. The molecule has 2 heterocycles. The topological polar surface area (TPSA) is 96.8 Å². The maximum absolute atomic E-state index is 13.1. The van der Waals surface area contributed by atoms with Crippen LogP contribution in [0.15, 0.2) is 21.2 Å². The minimum atomic E-state index is -0.326. The number of aryl methyl sites for hydroxylation is 1. The number of nitrogens with zero attached hydrogens (tertiary/aromatic N) is 3. The third-order valence-electron chi connectivity index (χ3n) is 4.92. The van der Waals surface area contributed by atoms with Gasteiger partial charge in [0.1, 0.15) is 22.2 Å². The lowest BCUT2D eigenvalue weighted by Gasteiger charge is -2.34. The zero-order valence-electron chi connectivity index (χ0n) is 18.2. The van der Waals surface area contributed by atoms with Crippen molar-refractivity contribution in [2.75, 3.05) is 26.2 Å². The van der Waals surface area contributed by atoms with E-state index < -0.39 is 0 Å². The number of hydrogen-bond acceptors (Lipinski definition) is 6. The number of carbonyl (C=O) groups excluding carboxylic acids is 1. The minimum Gasteiger partial charge on any atom is -0.396 e. The van der Waals surface area contributed by atoms with E-state index in [2.05, 4.69) is 41.1 Å². The van der Waals surface area contributed by atoms with Crippen LogP contribution in [0.3, 0.4) is 0 Å². The van der Waals surface area contributed by atoms with E-state index in [1.165, 1.54) is 0 Å². The van der Waals surface area contributed by atoms with Gasteiger partial charge in [0.2, 0.25) is 0 Å². The Morgan fingerprint density at radius 1 is 1.48 bits per heavy atom. The summed E-state index contributed by atoms with van der Waals surface area (Å²) in [6, 6.07) is 1.72. The molecule has 1 fully saturated rings. The van der Waals surface area contributed by atoms with Crippen LogP contribution in [0, 0.1) is 12.3 Å². The quantitative estimate of drug-likeness (QED) is 0.518. The summed E-state index contributed by atoms with van der Waals surface area (Å²) in [6.07, 6.45) is 3.09. The van der Waals surface area contributed by atoms with Crippen LogP contribution in [0.2, 0.25) is 0 Å². The molecule has 0 bridgehead atoms. The maximum Gasteiger partial charge on any atom is 0.256 e. The van der Waals surface area contributed by atoms with Crippen molar-refractivity contribution < 1.29 is 9.32 Å². The number of nitrogens with two attached hydrogens (primary N) is 1. The molecule has 0 saturated carbocycles. The van der Waals surface area contributed by atoms with Crippen molar-refractivity contribution in [3.63, 3.8) is 0 Å². The molecule has 8 heteroatoms. The van der Waals surface area contributed by atoms with Crippen molar-refractivity contribution in [1.29, 1.82) is 0 Å². The van der Waals surface area contributed by atoms with Gasteiger partial charge in [-0.3, -0.25) is 9.79 Å². The van der Waals surface area contributed by atoms with Crippen LogP contribution in [0.4, 0.5) is 0 Å². The smallest absolute Gasteiger partial charge is 0.256 e. The van der Waals surface area contributed by atoms with Crippen molar-refractivity contribution in [2.45, 2.75) is 59.9 Å². The van der Waals surface area contributed by atoms with Gasteiger partial charge in [-0.05, 0) is 51.6 Å². The predicted octanol–water partition coefficient (Wildman–Crippen LogP) is 3.33. The van der Waals surface area contributed by atoms with Gasteiger partial charge in [-0.25, -0.2) is 0 Å². The van der Waals surface area contributed by atoms with Gasteiger partial charge in [0.25, 0.3) is 5.91 Å². The molecular formula is C21H34ClN5O2. The number of aliphatic imine (C=N–C) groups is 1. The normalized spacial score (nSPS) is 19.8. The first-order chi connectivity index (χ1) is 13.6. The Balaban J connectivity index is 2.14. The van der Waals surface area contributed by atoms with E-state index in [1.807, 2.05) is 6.92 Å². The van der Waals surface area contributed by atoms with Crippen LogP contribution in [0.5, 0.6) is 0 Å². The van der Waals surface area contributed by atoms with Crippen molar-refractivity contribution in [3.8, 4) is 0 Å². The third kappa shape index (κ3) is 7.16. The van der Waals surface area contributed by atoms with Gasteiger partial charge in [-0.1, -0.05) is 37.5 Å². The van der Waals surface area contributed by atoms with Crippen LogP contribution in [0.1, 0.15) is 58.4 Å². The van der Waals surface area contributed by atoms with Crippen LogP contribution in [-0.2, 0) is 4.79 Å². The molecular weight excluding hydrogens is 390 g/mol. The molecule has 1 amide bonds. The summed E-state index contributed by atoms with van der Waals surface area (Å²) in [5, 5.41) is 7.10. The summed E-state index contributed by atoms with van der Waals surface area (Å²) in [7, 11) is 0. The highest BCUT2D eigenvalue weighted by Gasteiger charge is 2.27. The molecule has 162 valence electrons. The molecule has 1 aliphatic heterocycles. The summed E-state index contributed by atoms with van der Waals surface area (Å²) in [5.74, 6) is 0.279. The van der Waals surface area contributed by atoms with Gasteiger partial charge < -0.3 is 20.5 Å². The SMILES string of the molecule is CCN=C(Cl)/C(C(=O)NC1CCCN(CCC(C)(C)C)C1)=C(\N)c1cc(C)on1. The number of halogens is 1. The highest BCUT2D eigenvalue weighted by Crippen LogP contribution is 2.21. The van der Waals surface area contributed by atoms with Gasteiger partial charge in [0.15, 0.2) is 0 Å². The molecule has 0 radical (unpaired) electrons. The molecule has 29 heavy (non-hydrogen) atoms. The van der Waals surface area contributed by atoms with Gasteiger partial charge in [-0.2, -0.15) is 0 Å². The zero-order valence-corrected chi connectivity index (χ0v) is 19.0. The average molecular weight is 424 g/mol. The fraction of sp³-hybridized carbons (Fsp3) is 0.667. The van der Waals surface area contributed by atoms with Crippen LogP contribution in [-0.4, -0.2) is 53.4 Å². The molecule has 7 nitrogen and oxygen atoms in total. The second-order valence-electron chi connectivity index (χ2n) is 8.80. The number of piperidine rings is 1. The summed E-state index contributed by atoms with van der Waals surface area (Å²) < 4.78 is 5.09. The second-order valence-corrected chi connectivity index (χ2v) is 9.16. The largest absolute Gasteiger partial charge is 0.396 e. The van der Waals surface area contributed by atoms with Gasteiger partial charge in [-0.15, -0.1) is 0 Å². The van der Waals surface area contributed by atoms with Crippen molar-refractivity contribution in [2.24, 2.45) is 16.1 Å². The second kappa shape index (κ2) is 10.3. The lowest BCUT2D eigenvalue weighted by Crippen LogP contribution is -2.49. The Hall–Kier alpha value is -1.86. The standard InChI is InChI=1S/C21H34ClN5O2/c1-6-24-19(22)17(18(23)16-12-14(2)29-26-16)20(28)25-15-8-7-10-27(13-15)11-9-21(3,4)5/h12,15H,6-11,13,23H2,1-5H3,(H,25,28)/b18-17+,24-19?. The Kier molecular flexibility index (Phi) is 8.28. The predicted molar refractivity (Wildman–Crippen MR) is 118 cm³/mol. The van der Waals surface area contributed by atoms with Crippen molar-refractivity contribution in [3.05, 3.63) is 23.1 Å². The Morgan fingerprint density at radius 2 is 2.21 bits per heavy atom. The summed E-state index contributed by atoms with van der Waals surface area (Å²) in [6.45, 7) is 13.7. The molecule has 1 atom stereocenters. The van der Waals surface area contributed by atoms with E-state index in [0.29, 0.717) is 23.4 Å². The Bertz CT molecular complexity index is 763. The fourth-order valence-corrected chi connectivity index (χ4v) is 3.60. The van der Waals surface area contributed by atoms with Crippen LogP contribution in [0.25, 0.3) is 5.70 Å². The summed E-state index contributed by atoms with van der Waals surface area (Å²) in [4.78, 5) is 19.7. The zero-order chi connectivity index (χ0) is 21.6. The number of nitrogens with one attached hydrogen (secondary N) is 1. The van der Waals surface area contributed by atoms with Crippen molar-refractivity contribution in [1.82, 2.24) is 15.4 Å². The van der Waals surface area contributed by atoms with E-state index in [-0.39, 0.29) is 28.4 Å². The monoisotopic (exact) mass is 423 g/mol. The fourth-order valence-electron chi connectivity index (χ4n) is 3.29. The minimum absolute atomic E-state index is 0.0455. The lowest BCUT2D eigenvalue weighted by atomic mass is 9.91. The molecule has 1 saturated heterocycles. The third-order valence-corrected chi connectivity index (χ3v) is 5.23.